The van der Waals surface area contributed by atoms with E-state index in [1.807, 2.05) is 30.6 Å². The first-order valence-electron chi connectivity index (χ1n) is 8.73. The second-order valence-electron chi connectivity index (χ2n) is 6.56. The molecule has 0 spiro atoms. The number of methoxy groups -OCH3 is 1. The number of hydrogen-bond donors (Lipinski definition) is 1. The summed E-state index contributed by atoms with van der Waals surface area (Å²) in [4.78, 5) is 4.30. The molecule has 3 unspecified atom stereocenters. The van der Waals surface area contributed by atoms with Crippen LogP contribution in [0, 0.1) is 5.92 Å². The summed E-state index contributed by atoms with van der Waals surface area (Å²) in [6, 6.07) is 13.0. The number of allylic oxidation sites excluding steroid dienone is 2. The highest BCUT2D eigenvalue weighted by atomic mass is 16.5. The molecule has 2 aromatic rings. The Kier molecular flexibility index (Phi) is 5.65. The van der Waals surface area contributed by atoms with Crippen LogP contribution in [-0.4, -0.2) is 18.1 Å². The number of nitrogens with zero attached hydrogens (tertiary/aromatic N) is 1. The first-order chi connectivity index (χ1) is 11.8. The Labute approximate surface area is 144 Å². The minimum Gasteiger partial charge on any atom is -0.497 e. The van der Waals surface area contributed by atoms with Crippen molar-refractivity contribution in [1.29, 1.82) is 0 Å². The van der Waals surface area contributed by atoms with E-state index in [9.17, 15) is 0 Å². The first-order valence-corrected chi connectivity index (χ1v) is 8.73. The Morgan fingerprint density at radius 1 is 1.25 bits per heavy atom. The zero-order valence-corrected chi connectivity index (χ0v) is 14.5. The summed E-state index contributed by atoms with van der Waals surface area (Å²) in [5, 5.41) is 3.80. The maximum absolute atomic E-state index is 5.40. The lowest BCUT2D eigenvalue weighted by Gasteiger charge is -2.26. The van der Waals surface area contributed by atoms with Gasteiger partial charge in [0.05, 0.1) is 13.2 Å². The van der Waals surface area contributed by atoms with Crippen molar-refractivity contribution >= 4 is 0 Å². The highest BCUT2D eigenvalue weighted by molar-refractivity contribution is 5.36. The van der Waals surface area contributed by atoms with Gasteiger partial charge in [0.2, 0.25) is 0 Å². The monoisotopic (exact) mass is 322 g/mol. The molecule has 0 radical (unpaired) electrons. The van der Waals surface area contributed by atoms with Gasteiger partial charge >= 0.3 is 0 Å². The fourth-order valence-electron chi connectivity index (χ4n) is 3.45. The summed E-state index contributed by atoms with van der Waals surface area (Å²) in [5.41, 5.74) is 2.38. The lowest BCUT2D eigenvalue weighted by molar-refractivity contribution is 0.407. The van der Waals surface area contributed by atoms with Crippen molar-refractivity contribution in [3.8, 4) is 5.75 Å². The Balaban J connectivity index is 1.80. The van der Waals surface area contributed by atoms with Crippen LogP contribution >= 0.6 is 0 Å². The molecule has 3 atom stereocenters. The molecule has 0 bridgehead atoms. The Morgan fingerprint density at radius 2 is 2.12 bits per heavy atom. The smallest absolute Gasteiger partial charge is 0.119 e. The van der Waals surface area contributed by atoms with Crippen LogP contribution in [0.3, 0.4) is 0 Å². The number of ether oxygens (including phenoxy) is 1. The second kappa shape index (κ2) is 8.11. The summed E-state index contributed by atoms with van der Waals surface area (Å²) < 4.78 is 5.40. The maximum atomic E-state index is 5.40. The highest BCUT2D eigenvalue weighted by Crippen LogP contribution is 2.27. The standard InChI is InChI=1S/C21H26N2O/c1-16(13-17-7-3-4-8-17)23-21(19-10-6-12-22-15-19)18-9-5-11-20(14-18)24-2/h3,5-7,9-12,14-17,21,23H,4,8,13H2,1-2H3. The normalized spacial score (nSPS) is 19.2. The average Bonchev–Trinajstić information content (AvgIpc) is 3.13. The molecule has 3 rings (SSSR count). The minimum absolute atomic E-state index is 0.120. The molecule has 3 heteroatoms. The van der Waals surface area contributed by atoms with Crippen LogP contribution in [0.1, 0.15) is 43.4 Å². The van der Waals surface area contributed by atoms with Gasteiger partial charge in [0.15, 0.2) is 0 Å². The number of benzene rings is 1. The van der Waals surface area contributed by atoms with Gasteiger partial charge in [0, 0.05) is 18.4 Å². The molecule has 0 amide bonds. The molecule has 1 N–H and O–H groups in total. The molecular formula is C21H26N2O. The summed E-state index contributed by atoms with van der Waals surface area (Å²) in [6.45, 7) is 2.27. The van der Waals surface area contributed by atoms with E-state index in [0.29, 0.717) is 12.0 Å². The Hall–Kier alpha value is -2.13. The maximum Gasteiger partial charge on any atom is 0.119 e. The molecule has 1 aromatic carbocycles. The van der Waals surface area contributed by atoms with Gasteiger partial charge in [-0.25, -0.2) is 0 Å². The third-order valence-corrected chi connectivity index (χ3v) is 4.66. The van der Waals surface area contributed by atoms with Crippen LogP contribution in [0.15, 0.2) is 60.9 Å². The molecule has 0 saturated carbocycles. The summed E-state index contributed by atoms with van der Waals surface area (Å²) >= 11 is 0. The molecule has 24 heavy (non-hydrogen) atoms. The number of rotatable bonds is 7. The summed E-state index contributed by atoms with van der Waals surface area (Å²) in [7, 11) is 1.71. The third kappa shape index (κ3) is 4.24. The van der Waals surface area contributed by atoms with Gasteiger partial charge in [-0.05, 0) is 61.4 Å². The predicted molar refractivity (Wildman–Crippen MR) is 98.2 cm³/mol. The molecule has 1 heterocycles. The molecular weight excluding hydrogens is 296 g/mol. The van der Waals surface area contributed by atoms with Crippen molar-refractivity contribution in [3.63, 3.8) is 0 Å². The fourth-order valence-corrected chi connectivity index (χ4v) is 3.45. The molecule has 0 aliphatic heterocycles. The van der Waals surface area contributed by atoms with Crippen molar-refractivity contribution in [1.82, 2.24) is 10.3 Å². The van der Waals surface area contributed by atoms with Crippen molar-refractivity contribution in [2.45, 2.75) is 38.3 Å². The minimum atomic E-state index is 0.120. The van der Waals surface area contributed by atoms with Crippen molar-refractivity contribution in [3.05, 3.63) is 72.1 Å². The lowest BCUT2D eigenvalue weighted by atomic mass is 9.96. The zero-order valence-electron chi connectivity index (χ0n) is 14.5. The van der Waals surface area contributed by atoms with Gasteiger partial charge in [-0.3, -0.25) is 4.98 Å². The average molecular weight is 322 g/mol. The molecule has 1 aromatic heterocycles. The predicted octanol–water partition coefficient (Wildman–Crippen LogP) is 4.51. The molecule has 1 aliphatic carbocycles. The van der Waals surface area contributed by atoms with E-state index in [-0.39, 0.29) is 6.04 Å². The van der Waals surface area contributed by atoms with Gasteiger partial charge in [-0.1, -0.05) is 30.4 Å². The van der Waals surface area contributed by atoms with Gasteiger partial charge < -0.3 is 10.1 Å². The van der Waals surface area contributed by atoms with Crippen LogP contribution in [0.25, 0.3) is 0 Å². The van der Waals surface area contributed by atoms with Crippen LogP contribution in [0.4, 0.5) is 0 Å². The van der Waals surface area contributed by atoms with E-state index < -0.39 is 0 Å². The Bertz CT molecular complexity index is 669. The van der Waals surface area contributed by atoms with E-state index in [1.165, 1.54) is 24.0 Å². The number of hydrogen-bond acceptors (Lipinski definition) is 3. The molecule has 0 saturated heterocycles. The van der Waals surface area contributed by atoms with E-state index in [1.54, 1.807) is 7.11 Å². The number of aromatic nitrogens is 1. The van der Waals surface area contributed by atoms with Gasteiger partial charge in [0.1, 0.15) is 5.75 Å². The van der Waals surface area contributed by atoms with Gasteiger partial charge in [0.25, 0.3) is 0 Å². The molecule has 1 aliphatic rings. The van der Waals surface area contributed by atoms with E-state index in [0.717, 1.165) is 12.2 Å². The van der Waals surface area contributed by atoms with Crippen molar-refractivity contribution in [2.24, 2.45) is 5.92 Å². The number of pyridine rings is 1. The summed E-state index contributed by atoms with van der Waals surface area (Å²) in [5.74, 6) is 1.59. The lowest BCUT2D eigenvalue weighted by Crippen LogP contribution is -2.32. The van der Waals surface area contributed by atoms with Crippen LogP contribution in [0.2, 0.25) is 0 Å². The van der Waals surface area contributed by atoms with E-state index in [2.05, 4.69) is 47.6 Å². The van der Waals surface area contributed by atoms with Crippen LogP contribution in [0.5, 0.6) is 5.75 Å². The summed E-state index contributed by atoms with van der Waals surface area (Å²) in [6.07, 6.45) is 12.1. The topological polar surface area (TPSA) is 34.1 Å². The van der Waals surface area contributed by atoms with Gasteiger partial charge in [-0.2, -0.15) is 0 Å². The highest BCUT2D eigenvalue weighted by Gasteiger charge is 2.20. The number of nitrogens with one attached hydrogen (secondary N) is 1. The van der Waals surface area contributed by atoms with Crippen molar-refractivity contribution < 1.29 is 4.74 Å². The zero-order chi connectivity index (χ0) is 16.8. The quantitative estimate of drug-likeness (QED) is 0.761. The fraction of sp³-hybridized carbons (Fsp3) is 0.381. The Morgan fingerprint density at radius 3 is 2.83 bits per heavy atom. The molecule has 126 valence electrons. The SMILES string of the molecule is COc1cccc(C(NC(C)CC2C=CCC2)c2cccnc2)c1. The van der Waals surface area contributed by atoms with Gasteiger partial charge in [-0.15, -0.1) is 0 Å². The van der Waals surface area contributed by atoms with Crippen LogP contribution in [-0.2, 0) is 0 Å². The van der Waals surface area contributed by atoms with Crippen molar-refractivity contribution in [2.75, 3.05) is 7.11 Å². The molecule has 3 nitrogen and oxygen atoms in total. The molecule has 0 fully saturated rings. The van der Waals surface area contributed by atoms with E-state index >= 15 is 0 Å². The third-order valence-electron chi connectivity index (χ3n) is 4.66. The first kappa shape index (κ1) is 16.7. The second-order valence-corrected chi connectivity index (χ2v) is 6.56. The van der Waals surface area contributed by atoms with Crippen LogP contribution < -0.4 is 10.1 Å². The van der Waals surface area contributed by atoms with E-state index in [4.69, 9.17) is 4.74 Å². The largest absolute Gasteiger partial charge is 0.497 e.